The number of amides is 1. The molecule has 0 aliphatic carbocycles. The van der Waals surface area contributed by atoms with Gasteiger partial charge in [-0.15, -0.1) is 0 Å². The number of hydrogen-bond donors (Lipinski definition) is 1. The van der Waals surface area contributed by atoms with Crippen molar-refractivity contribution in [2.45, 2.75) is 45.2 Å². The van der Waals surface area contributed by atoms with Crippen molar-refractivity contribution in [1.82, 2.24) is 10.4 Å². The Balaban J connectivity index is 2.04. The van der Waals surface area contributed by atoms with E-state index in [-0.39, 0.29) is 5.91 Å². The minimum Gasteiger partial charge on any atom is -0.284 e. The van der Waals surface area contributed by atoms with Crippen LogP contribution in [0.15, 0.2) is 28.7 Å². The molecule has 1 aliphatic heterocycles. The van der Waals surface area contributed by atoms with E-state index >= 15 is 0 Å². The smallest absolute Gasteiger partial charge is 0.265 e. The van der Waals surface area contributed by atoms with E-state index in [9.17, 15) is 4.79 Å². The SMILES string of the molecule is CC1CCCC(C)N1NC(=O)c1ccc(Br)cc1. The first-order chi connectivity index (χ1) is 8.58. The summed E-state index contributed by atoms with van der Waals surface area (Å²) in [4.78, 5) is 12.1. The Bertz CT molecular complexity index is 408. The maximum Gasteiger partial charge on any atom is 0.265 e. The maximum atomic E-state index is 12.1. The number of piperidine rings is 1. The van der Waals surface area contributed by atoms with Gasteiger partial charge in [0, 0.05) is 22.1 Å². The Kier molecular flexibility index (Phi) is 4.40. The van der Waals surface area contributed by atoms with Gasteiger partial charge < -0.3 is 0 Å². The Labute approximate surface area is 117 Å². The largest absolute Gasteiger partial charge is 0.284 e. The third-order valence-electron chi connectivity index (χ3n) is 3.53. The van der Waals surface area contributed by atoms with E-state index in [1.165, 1.54) is 6.42 Å². The fourth-order valence-electron chi connectivity index (χ4n) is 2.42. The maximum absolute atomic E-state index is 12.1. The Morgan fingerprint density at radius 1 is 1.22 bits per heavy atom. The number of rotatable bonds is 2. The molecule has 1 saturated heterocycles. The monoisotopic (exact) mass is 310 g/mol. The van der Waals surface area contributed by atoms with Gasteiger partial charge in [-0.05, 0) is 51.0 Å². The van der Waals surface area contributed by atoms with Crippen LogP contribution in [0.1, 0.15) is 43.5 Å². The summed E-state index contributed by atoms with van der Waals surface area (Å²) in [5, 5.41) is 2.09. The molecule has 1 amide bonds. The van der Waals surface area contributed by atoms with Crippen LogP contribution in [0, 0.1) is 0 Å². The van der Waals surface area contributed by atoms with E-state index in [1.54, 1.807) is 0 Å². The lowest BCUT2D eigenvalue weighted by molar-refractivity contribution is 0.0370. The summed E-state index contributed by atoms with van der Waals surface area (Å²) < 4.78 is 0.985. The van der Waals surface area contributed by atoms with Crippen molar-refractivity contribution in [2.75, 3.05) is 0 Å². The highest BCUT2D eigenvalue weighted by molar-refractivity contribution is 9.10. The molecule has 98 valence electrons. The Hall–Kier alpha value is -0.870. The molecule has 18 heavy (non-hydrogen) atoms. The number of nitrogens with one attached hydrogen (secondary N) is 1. The number of nitrogens with zero attached hydrogens (tertiary/aromatic N) is 1. The molecule has 0 saturated carbocycles. The number of halogens is 1. The van der Waals surface area contributed by atoms with Gasteiger partial charge in [-0.25, -0.2) is 5.01 Å². The Morgan fingerprint density at radius 2 is 1.78 bits per heavy atom. The van der Waals surface area contributed by atoms with Crippen LogP contribution in [-0.2, 0) is 0 Å². The first-order valence-electron chi connectivity index (χ1n) is 6.43. The number of carbonyl (C=O) groups excluding carboxylic acids is 1. The summed E-state index contributed by atoms with van der Waals surface area (Å²) in [6.07, 6.45) is 3.53. The number of benzene rings is 1. The molecular formula is C14H19BrN2O. The molecule has 0 spiro atoms. The minimum absolute atomic E-state index is 0.0249. The van der Waals surface area contributed by atoms with Gasteiger partial charge in [0.1, 0.15) is 0 Å². The molecule has 1 N–H and O–H groups in total. The van der Waals surface area contributed by atoms with E-state index < -0.39 is 0 Å². The van der Waals surface area contributed by atoms with Gasteiger partial charge in [0.2, 0.25) is 0 Å². The fourth-order valence-corrected chi connectivity index (χ4v) is 2.69. The van der Waals surface area contributed by atoms with Gasteiger partial charge in [0.25, 0.3) is 5.91 Å². The molecule has 0 bridgehead atoms. The van der Waals surface area contributed by atoms with E-state index in [0.717, 1.165) is 17.3 Å². The molecule has 4 heteroatoms. The Morgan fingerprint density at radius 3 is 2.33 bits per heavy atom. The van der Waals surface area contributed by atoms with Crippen molar-refractivity contribution in [2.24, 2.45) is 0 Å². The predicted octanol–water partition coefficient (Wildman–Crippen LogP) is 3.36. The lowest BCUT2D eigenvalue weighted by atomic mass is 10.00. The quantitative estimate of drug-likeness (QED) is 0.908. The van der Waals surface area contributed by atoms with Crippen molar-refractivity contribution in [1.29, 1.82) is 0 Å². The van der Waals surface area contributed by atoms with E-state index in [0.29, 0.717) is 17.6 Å². The molecule has 0 radical (unpaired) electrons. The molecule has 2 unspecified atom stereocenters. The average Bonchev–Trinajstić information content (AvgIpc) is 2.34. The van der Waals surface area contributed by atoms with Gasteiger partial charge in [-0.3, -0.25) is 10.2 Å². The first-order valence-corrected chi connectivity index (χ1v) is 7.22. The first kappa shape index (κ1) is 13.6. The summed E-state index contributed by atoms with van der Waals surface area (Å²) >= 11 is 3.37. The predicted molar refractivity (Wildman–Crippen MR) is 76.2 cm³/mol. The molecule has 1 aromatic rings. The number of hydrazine groups is 1. The second-order valence-corrected chi connectivity index (χ2v) is 5.90. The third kappa shape index (κ3) is 3.12. The minimum atomic E-state index is -0.0249. The van der Waals surface area contributed by atoms with Crippen LogP contribution in [0.5, 0.6) is 0 Å². The molecule has 1 aromatic carbocycles. The van der Waals surface area contributed by atoms with Gasteiger partial charge in [0.15, 0.2) is 0 Å². The molecule has 1 fully saturated rings. The van der Waals surface area contributed by atoms with Gasteiger partial charge in [-0.2, -0.15) is 0 Å². The zero-order valence-corrected chi connectivity index (χ0v) is 12.4. The van der Waals surface area contributed by atoms with Gasteiger partial charge >= 0.3 is 0 Å². The molecule has 1 aliphatic rings. The molecular weight excluding hydrogens is 292 g/mol. The summed E-state index contributed by atoms with van der Waals surface area (Å²) in [6.45, 7) is 4.33. The summed E-state index contributed by atoms with van der Waals surface area (Å²) in [6, 6.07) is 8.26. The number of carbonyl (C=O) groups is 1. The summed E-state index contributed by atoms with van der Waals surface area (Å²) in [5.74, 6) is -0.0249. The molecule has 2 rings (SSSR count). The number of hydrogen-bond acceptors (Lipinski definition) is 2. The lowest BCUT2D eigenvalue weighted by Crippen LogP contribution is -2.54. The molecule has 1 heterocycles. The second kappa shape index (κ2) is 5.85. The fraction of sp³-hybridized carbons (Fsp3) is 0.500. The van der Waals surface area contributed by atoms with Gasteiger partial charge in [-0.1, -0.05) is 22.4 Å². The van der Waals surface area contributed by atoms with Crippen molar-refractivity contribution >= 4 is 21.8 Å². The van der Waals surface area contributed by atoms with Crippen molar-refractivity contribution < 1.29 is 4.79 Å². The van der Waals surface area contributed by atoms with Crippen molar-refractivity contribution in [3.05, 3.63) is 34.3 Å². The summed E-state index contributed by atoms with van der Waals surface area (Å²) in [5.41, 5.74) is 3.73. The van der Waals surface area contributed by atoms with Crippen LogP contribution < -0.4 is 5.43 Å². The molecule has 2 atom stereocenters. The zero-order chi connectivity index (χ0) is 13.1. The van der Waals surface area contributed by atoms with Crippen LogP contribution in [0.3, 0.4) is 0 Å². The zero-order valence-electron chi connectivity index (χ0n) is 10.8. The van der Waals surface area contributed by atoms with E-state index in [2.05, 4.69) is 40.2 Å². The molecule has 3 nitrogen and oxygen atoms in total. The van der Waals surface area contributed by atoms with Crippen LogP contribution in [0.25, 0.3) is 0 Å². The third-order valence-corrected chi connectivity index (χ3v) is 4.06. The van der Waals surface area contributed by atoms with Crippen LogP contribution >= 0.6 is 15.9 Å². The highest BCUT2D eigenvalue weighted by Gasteiger charge is 2.26. The highest BCUT2D eigenvalue weighted by atomic mass is 79.9. The van der Waals surface area contributed by atoms with E-state index in [1.807, 2.05) is 24.3 Å². The average molecular weight is 311 g/mol. The van der Waals surface area contributed by atoms with Gasteiger partial charge in [0.05, 0.1) is 0 Å². The highest BCUT2D eigenvalue weighted by Crippen LogP contribution is 2.20. The topological polar surface area (TPSA) is 32.3 Å². The second-order valence-electron chi connectivity index (χ2n) is 4.98. The van der Waals surface area contributed by atoms with E-state index in [4.69, 9.17) is 0 Å². The van der Waals surface area contributed by atoms with Crippen molar-refractivity contribution in [3.63, 3.8) is 0 Å². The lowest BCUT2D eigenvalue weighted by Gasteiger charge is -2.38. The summed E-state index contributed by atoms with van der Waals surface area (Å²) in [7, 11) is 0. The standard InChI is InChI=1S/C14H19BrN2O/c1-10-4-3-5-11(2)17(10)16-14(18)12-6-8-13(15)9-7-12/h6-11H,3-5H2,1-2H3,(H,16,18). The normalized spacial score (nSPS) is 24.8. The molecule has 0 aromatic heterocycles. The van der Waals surface area contributed by atoms with Crippen molar-refractivity contribution in [3.8, 4) is 0 Å². The van der Waals surface area contributed by atoms with Crippen LogP contribution in [0.4, 0.5) is 0 Å². The van der Waals surface area contributed by atoms with Crippen LogP contribution in [-0.4, -0.2) is 23.0 Å². The van der Waals surface area contributed by atoms with Crippen LogP contribution in [0.2, 0.25) is 0 Å².